The van der Waals surface area contributed by atoms with Crippen molar-refractivity contribution in [1.29, 1.82) is 5.26 Å². The molecule has 2 aromatic rings. The summed E-state index contributed by atoms with van der Waals surface area (Å²) >= 11 is 0. The molecular weight excluding hydrogens is 262 g/mol. The smallest absolute Gasteiger partial charge is 0.160 e. The fraction of sp³-hybridized carbons (Fsp3) is 0.278. The number of hydrogen-bond acceptors (Lipinski definition) is 3. The Morgan fingerprint density at radius 1 is 0.952 bits per heavy atom. The second kappa shape index (κ2) is 6.32. The molecule has 0 aliphatic rings. The van der Waals surface area contributed by atoms with Gasteiger partial charge in [0, 0.05) is 0 Å². The minimum atomic E-state index is 0.705. The number of aryl methyl sites for hydroxylation is 2. The molecule has 108 valence electrons. The minimum absolute atomic E-state index is 0.705. The van der Waals surface area contributed by atoms with E-state index in [1.165, 1.54) is 0 Å². The fourth-order valence-electron chi connectivity index (χ4n) is 2.45. The summed E-state index contributed by atoms with van der Waals surface area (Å²) in [4.78, 5) is 0. The van der Waals surface area contributed by atoms with Gasteiger partial charge in [-0.2, -0.15) is 5.26 Å². The van der Waals surface area contributed by atoms with Gasteiger partial charge in [-0.1, -0.05) is 18.2 Å². The summed E-state index contributed by atoms with van der Waals surface area (Å²) in [6.45, 7) is 4.01. The van der Waals surface area contributed by atoms with E-state index in [9.17, 15) is 5.26 Å². The van der Waals surface area contributed by atoms with Crippen molar-refractivity contribution in [3.05, 3.63) is 58.1 Å². The van der Waals surface area contributed by atoms with Gasteiger partial charge >= 0.3 is 0 Å². The fourth-order valence-corrected chi connectivity index (χ4v) is 2.45. The number of ether oxygens (including phenoxy) is 2. The monoisotopic (exact) mass is 281 g/mol. The quantitative estimate of drug-likeness (QED) is 0.856. The van der Waals surface area contributed by atoms with Crippen LogP contribution in [0.25, 0.3) is 0 Å². The lowest BCUT2D eigenvalue weighted by Gasteiger charge is -2.13. The van der Waals surface area contributed by atoms with Gasteiger partial charge in [0.1, 0.15) is 0 Å². The van der Waals surface area contributed by atoms with E-state index in [1.54, 1.807) is 14.2 Å². The summed E-state index contributed by atoms with van der Waals surface area (Å²) < 4.78 is 10.6. The van der Waals surface area contributed by atoms with E-state index in [-0.39, 0.29) is 0 Å². The van der Waals surface area contributed by atoms with Crippen molar-refractivity contribution in [1.82, 2.24) is 0 Å². The molecule has 2 rings (SSSR count). The van der Waals surface area contributed by atoms with Crippen LogP contribution in [0.4, 0.5) is 0 Å². The molecule has 21 heavy (non-hydrogen) atoms. The van der Waals surface area contributed by atoms with E-state index < -0.39 is 0 Å². The van der Waals surface area contributed by atoms with E-state index in [2.05, 4.69) is 12.1 Å². The SMILES string of the molecule is COc1ccc(Cc2c(C)ccc(C)c2C#N)cc1OC. The Labute approximate surface area is 125 Å². The standard InChI is InChI=1S/C18H19NO2/c1-12-5-6-13(2)16(11-19)15(12)9-14-7-8-17(20-3)18(10-14)21-4/h5-8,10H,9H2,1-4H3. The van der Waals surface area contributed by atoms with Crippen molar-refractivity contribution in [2.45, 2.75) is 20.3 Å². The van der Waals surface area contributed by atoms with E-state index >= 15 is 0 Å². The number of rotatable bonds is 4. The summed E-state index contributed by atoms with van der Waals surface area (Å²) in [5.41, 5.74) is 5.08. The van der Waals surface area contributed by atoms with Crippen LogP contribution < -0.4 is 9.47 Å². The van der Waals surface area contributed by atoms with Gasteiger partial charge in [-0.25, -0.2) is 0 Å². The van der Waals surface area contributed by atoms with Gasteiger partial charge < -0.3 is 9.47 Å². The molecule has 0 aliphatic carbocycles. The minimum Gasteiger partial charge on any atom is -0.493 e. The zero-order chi connectivity index (χ0) is 15.4. The maximum Gasteiger partial charge on any atom is 0.160 e. The second-order valence-corrected chi connectivity index (χ2v) is 5.03. The molecule has 0 saturated carbocycles. The van der Waals surface area contributed by atoms with Crippen LogP contribution in [0, 0.1) is 25.2 Å². The summed E-state index contributed by atoms with van der Waals surface area (Å²) in [6, 6.07) is 12.2. The first kappa shape index (κ1) is 14.9. The zero-order valence-electron chi connectivity index (χ0n) is 12.9. The van der Waals surface area contributed by atoms with Gasteiger partial charge in [-0.15, -0.1) is 0 Å². The molecule has 0 fully saturated rings. The topological polar surface area (TPSA) is 42.2 Å². The van der Waals surface area contributed by atoms with E-state index in [0.29, 0.717) is 17.9 Å². The molecule has 0 aromatic heterocycles. The highest BCUT2D eigenvalue weighted by Gasteiger charge is 2.11. The van der Waals surface area contributed by atoms with Crippen molar-refractivity contribution < 1.29 is 9.47 Å². The predicted octanol–water partition coefficient (Wildman–Crippen LogP) is 3.78. The maximum atomic E-state index is 9.39. The van der Waals surface area contributed by atoms with Crippen LogP contribution in [0.3, 0.4) is 0 Å². The Morgan fingerprint density at radius 3 is 2.24 bits per heavy atom. The molecule has 0 unspecified atom stereocenters. The number of hydrogen-bond donors (Lipinski definition) is 0. The predicted molar refractivity (Wildman–Crippen MR) is 83.0 cm³/mol. The van der Waals surface area contributed by atoms with Crippen molar-refractivity contribution in [2.75, 3.05) is 14.2 Å². The highest BCUT2D eigenvalue weighted by atomic mass is 16.5. The summed E-state index contributed by atoms with van der Waals surface area (Å²) in [5, 5.41) is 9.39. The Kier molecular flexibility index (Phi) is 4.49. The van der Waals surface area contributed by atoms with Crippen molar-refractivity contribution in [2.24, 2.45) is 0 Å². The first-order chi connectivity index (χ1) is 10.1. The number of nitriles is 1. The summed E-state index contributed by atoms with van der Waals surface area (Å²) in [5.74, 6) is 1.42. The molecule has 3 heteroatoms. The van der Waals surface area contributed by atoms with Crippen LogP contribution in [0.15, 0.2) is 30.3 Å². The van der Waals surface area contributed by atoms with Gasteiger partial charge in [0.05, 0.1) is 25.9 Å². The first-order valence-corrected chi connectivity index (χ1v) is 6.80. The Hall–Kier alpha value is -2.47. The van der Waals surface area contributed by atoms with Gasteiger partial charge in [-0.3, -0.25) is 0 Å². The summed E-state index contributed by atoms with van der Waals surface area (Å²) in [7, 11) is 3.25. The first-order valence-electron chi connectivity index (χ1n) is 6.80. The molecule has 0 aliphatic heterocycles. The largest absolute Gasteiger partial charge is 0.493 e. The summed E-state index contributed by atoms with van der Waals surface area (Å²) in [6.07, 6.45) is 0.705. The lowest BCUT2D eigenvalue weighted by molar-refractivity contribution is 0.354. The Bertz CT molecular complexity index is 699. The van der Waals surface area contributed by atoms with E-state index in [0.717, 1.165) is 27.8 Å². The third-order valence-electron chi connectivity index (χ3n) is 3.70. The molecule has 0 radical (unpaired) electrons. The maximum absolute atomic E-state index is 9.39. The van der Waals surface area contributed by atoms with Crippen LogP contribution >= 0.6 is 0 Å². The molecule has 0 heterocycles. The van der Waals surface area contributed by atoms with Gasteiger partial charge in [0.25, 0.3) is 0 Å². The molecule has 0 bridgehead atoms. The van der Waals surface area contributed by atoms with Crippen LogP contribution in [0.2, 0.25) is 0 Å². The van der Waals surface area contributed by atoms with Crippen molar-refractivity contribution in [3.8, 4) is 17.6 Å². The van der Waals surface area contributed by atoms with E-state index in [1.807, 2.05) is 38.1 Å². The molecule has 0 amide bonds. The zero-order valence-corrected chi connectivity index (χ0v) is 12.9. The second-order valence-electron chi connectivity index (χ2n) is 5.03. The third kappa shape index (κ3) is 3.00. The molecule has 0 saturated heterocycles. The molecule has 2 aromatic carbocycles. The van der Waals surface area contributed by atoms with Gasteiger partial charge in [-0.05, 0) is 54.7 Å². The molecular formula is C18H19NO2. The Balaban J connectivity index is 2.44. The number of nitrogens with zero attached hydrogens (tertiary/aromatic N) is 1. The van der Waals surface area contributed by atoms with Crippen LogP contribution in [-0.2, 0) is 6.42 Å². The molecule has 3 nitrogen and oxygen atoms in total. The van der Waals surface area contributed by atoms with Crippen LogP contribution in [-0.4, -0.2) is 14.2 Å². The van der Waals surface area contributed by atoms with E-state index in [4.69, 9.17) is 9.47 Å². The van der Waals surface area contributed by atoms with Gasteiger partial charge in [0.2, 0.25) is 0 Å². The average Bonchev–Trinajstić information content (AvgIpc) is 2.51. The highest BCUT2D eigenvalue weighted by Crippen LogP contribution is 2.29. The number of benzene rings is 2. The Morgan fingerprint density at radius 2 is 1.62 bits per heavy atom. The lowest BCUT2D eigenvalue weighted by Crippen LogP contribution is -1.99. The highest BCUT2D eigenvalue weighted by molar-refractivity contribution is 5.51. The van der Waals surface area contributed by atoms with Crippen LogP contribution in [0.5, 0.6) is 11.5 Å². The van der Waals surface area contributed by atoms with Gasteiger partial charge in [0.15, 0.2) is 11.5 Å². The molecule has 0 spiro atoms. The van der Waals surface area contributed by atoms with Crippen LogP contribution in [0.1, 0.15) is 27.8 Å². The van der Waals surface area contributed by atoms with Crippen molar-refractivity contribution in [3.63, 3.8) is 0 Å². The molecule has 0 atom stereocenters. The third-order valence-corrected chi connectivity index (χ3v) is 3.70. The normalized spacial score (nSPS) is 10.0. The number of methoxy groups -OCH3 is 2. The average molecular weight is 281 g/mol. The molecule has 0 N–H and O–H groups in total. The van der Waals surface area contributed by atoms with Crippen molar-refractivity contribution >= 4 is 0 Å². The lowest BCUT2D eigenvalue weighted by atomic mass is 9.93.